The minimum absolute atomic E-state index is 0.207. The smallest absolute Gasteiger partial charge is 0.0209 e. The molecule has 0 aromatic carbocycles. The number of aromatic nitrogens is 1. The van der Waals surface area contributed by atoms with Crippen LogP contribution in [0.15, 0.2) is 12.3 Å². The Balaban J connectivity index is 2.68. The van der Waals surface area contributed by atoms with E-state index in [0.717, 1.165) is 11.3 Å². The zero-order valence-corrected chi connectivity index (χ0v) is 8.06. The Hall–Kier alpha value is -0.610. The second-order valence-corrected chi connectivity index (χ2v) is 3.83. The van der Waals surface area contributed by atoms with Crippen LogP contribution in [0.4, 0.5) is 0 Å². The van der Waals surface area contributed by atoms with E-state index >= 15 is 0 Å². The number of nitrogens with zero attached hydrogens (tertiary/aromatic N) is 1. The molecular formula is C8H12NO2S-. The van der Waals surface area contributed by atoms with Gasteiger partial charge in [-0.25, -0.2) is 0 Å². The van der Waals surface area contributed by atoms with Crippen molar-refractivity contribution in [3.8, 4) is 0 Å². The fourth-order valence-corrected chi connectivity index (χ4v) is 1.60. The molecule has 0 saturated heterocycles. The standard InChI is InChI=1S/C8H13NO2S/c1-7-3-5-9(2)8(7)4-6-12(10)11/h3,5H,4,6H2,1-2H3,(H,10,11)/p-1. The molecule has 0 spiro atoms. The molecule has 3 nitrogen and oxygen atoms in total. The maximum atomic E-state index is 10.3. The molecular weight excluding hydrogens is 174 g/mol. The van der Waals surface area contributed by atoms with E-state index in [1.807, 2.05) is 30.8 Å². The first-order chi connectivity index (χ1) is 5.61. The van der Waals surface area contributed by atoms with Crippen LogP contribution < -0.4 is 0 Å². The van der Waals surface area contributed by atoms with E-state index in [9.17, 15) is 8.76 Å². The third-order valence-electron chi connectivity index (χ3n) is 1.93. The van der Waals surface area contributed by atoms with Gasteiger partial charge in [0.2, 0.25) is 0 Å². The van der Waals surface area contributed by atoms with Crippen LogP contribution in [0.1, 0.15) is 11.3 Å². The van der Waals surface area contributed by atoms with Crippen LogP contribution in [0.5, 0.6) is 0 Å². The molecule has 1 unspecified atom stereocenters. The fourth-order valence-electron chi connectivity index (χ4n) is 1.24. The van der Waals surface area contributed by atoms with Crippen molar-refractivity contribution in [3.63, 3.8) is 0 Å². The maximum absolute atomic E-state index is 10.3. The second-order valence-electron chi connectivity index (χ2n) is 2.81. The van der Waals surface area contributed by atoms with Gasteiger partial charge in [-0.2, -0.15) is 0 Å². The Morgan fingerprint density at radius 1 is 1.67 bits per heavy atom. The monoisotopic (exact) mass is 186 g/mol. The Labute approximate surface area is 74.7 Å². The highest BCUT2D eigenvalue weighted by atomic mass is 32.2. The Morgan fingerprint density at radius 3 is 2.75 bits per heavy atom. The lowest BCUT2D eigenvalue weighted by molar-refractivity contribution is 0.536. The lowest BCUT2D eigenvalue weighted by Crippen LogP contribution is -2.04. The first-order valence-corrected chi connectivity index (χ1v) is 5.02. The van der Waals surface area contributed by atoms with Crippen molar-refractivity contribution in [3.05, 3.63) is 23.5 Å². The summed E-state index contributed by atoms with van der Waals surface area (Å²) in [6.07, 6.45) is 2.55. The number of hydrogen-bond acceptors (Lipinski definition) is 2. The van der Waals surface area contributed by atoms with Gasteiger partial charge >= 0.3 is 0 Å². The van der Waals surface area contributed by atoms with Crippen LogP contribution in [0, 0.1) is 6.92 Å². The van der Waals surface area contributed by atoms with Crippen molar-refractivity contribution in [1.29, 1.82) is 0 Å². The molecule has 0 bridgehead atoms. The summed E-state index contributed by atoms with van der Waals surface area (Å²) in [5.41, 5.74) is 2.25. The zero-order chi connectivity index (χ0) is 9.14. The summed E-state index contributed by atoms with van der Waals surface area (Å²) in [6.45, 7) is 1.99. The van der Waals surface area contributed by atoms with E-state index in [2.05, 4.69) is 0 Å². The van der Waals surface area contributed by atoms with Gasteiger partial charge in [0, 0.05) is 24.7 Å². The van der Waals surface area contributed by atoms with Gasteiger partial charge in [-0.1, -0.05) is 11.1 Å². The van der Waals surface area contributed by atoms with Crippen molar-refractivity contribution in [2.45, 2.75) is 13.3 Å². The molecule has 68 valence electrons. The first-order valence-electron chi connectivity index (χ1n) is 3.78. The third-order valence-corrected chi connectivity index (χ3v) is 2.47. The summed E-state index contributed by atoms with van der Waals surface area (Å²) in [5, 5.41) is 0. The highest BCUT2D eigenvalue weighted by Crippen LogP contribution is 2.08. The van der Waals surface area contributed by atoms with Gasteiger partial charge in [0.1, 0.15) is 0 Å². The van der Waals surface area contributed by atoms with Crippen molar-refractivity contribution >= 4 is 11.1 Å². The van der Waals surface area contributed by atoms with Gasteiger partial charge in [-0.15, -0.1) is 0 Å². The SMILES string of the molecule is Cc1ccn(C)c1CCS(=O)[O-]. The first kappa shape index (κ1) is 9.48. The molecule has 0 fully saturated rings. The average molecular weight is 186 g/mol. The van der Waals surface area contributed by atoms with Crippen LogP contribution >= 0.6 is 0 Å². The Bertz CT molecular complexity index is 274. The van der Waals surface area contributed by atoms with E-state index in [4.69, 9.17) is 0 Å². The molecule has 1 rings (SSSR count). The molecule has 0 aliphatic rings. The Kier molecular flexibility index (Phi) is 3.05. The molecule has 1 aromatic rings. The van der Waals surface area contributed by atoms with Crippen LogP contribution in [-0.4, -0.2) is 19.1 Å². The molecule has 4 heteroatoms. The van der Waals surface area contributed by atoms with E-state index in [0.29, 0.717) is 6.42 Å². The van der Waals surface area contributed by atoms with Crippen LogP contribution in [0.25, 0.3) is 0 Å². The molecule has 1 aromatic heterocycles. The molecule has 0 amide bonds. The number of hydrogen-bond donors (Lipinski definition) is 0. The summed E-state index contributed by atoms with van der Waals surface area (Å²) in [5.74, 6) is 0.207. The van der Waals surface area contributed by atoms with Gasteiger partial charge in [-0.05, 0) is 25.0 Å². The van der Waals surface area contributed by atoms with Crippen LogP contribution in [0.2, 0.25) is 0 Å². The van der Waals surface area contributed by atoms with Gasteiger partial charge in [0.15, 0.2) is 0 Å². The minimum Gasteiger partial charge on any atom is -0.772 e. The summed E-state index contributed by atoms with van der Waals surface area (Å²) in [7, 11) is 1.93. The third kappa shape index (κ3) is 2.19. The van der Waals surface area contributed by atoms with E-state index < -0.39 is 11.1 Å². The van der Waals surface area contributed by atoms with E-state index in [-0.39, 0.29) is 5.75 Å². The predicted octanol–water partition coefficient (Wildman–Crippen LogP) is 0.755. The molecule has 1 atom stereocenters. The minimum atomic E-state index is -1.93. The van der Waals surface area contributed by atoms with Gasteiger partial charge in [0.05, 0.1) is 0 Å². The van der Waals surface area contributed by atoms with Crippen molar-refractivity contribution in [2.75, 3.05) is 5.75 Å². The molecule has 0 radical (unpaired) electrons. The molecule has 0 aliphatic carbocycles. The average Bonchev–Trinajstić information content (AvgIpc) is 2.28. The number of rotatable bonds is 3. The van der Waals surface area contributed by atoms with Gasteiger partial charge in [-0.3, -0.25) is 4.21 Å². The summed E-state index contributed by atoms with van der Waals surface area (Å²) in [6, 6.07) is 1.99. The van der Waals surface area contributed by atoms with Crippen molar-refractivity contribution < 1.29 is 8.76 Å². The van der Waals surface area contributed by atoms with Crippen LogP contribution in [-0.2, 0) is 24.5 Å². The highest BCUT2D eigenvalue weighted by molar-refractivity contribution is 7.79. The van der Waals surface area contributed by atoms with Gasteiger partial charge in [0.25, 0.3) is 0 Å². The van der Waals surface area contributed by atoms with Crippen molar-refractivity contribution in [2.24, 2.45) is 7.05 Å². The topological polar surface area (TPSA) is 45.1 Å². The lowest BCUT2D eigenvalue weighted by atomic mass is 10.2. The second kappa shape index (κ2) is 3.87. The zero-order valence-electron chi connectivity index (χ0n) is 7.24. The number of aryl methyl sites for hydroxylation is 2. The van der Waals surface area contributed by atoms with Crippen molar-refractivity contribution in [1.82, 2.24) is 4.57 Å². The normalized spacial score (nSPS) is 13.2. The molecule has 0 saturated carbocycles. The predicted molar refractivity (Wildman–Crippen MR) is 47.6 cm³/mol. The van der Waals surface area contributed by atoms with E-state index in [1.54, 1.807) is 0 Å². The molecule has 1 heterocycles. The van der Waals surface area contributed by atoms with Crippen LogP contribution in [0.3, 0.4) is 0 Å². The lowest BCUT2D eigenvalue weighted by Gasteiger charge is -2.07. The van der Waals surface area contributed by atoms with E-state index in [1.165, 1.54) is 0 Å². The molecule has 0 N–H and O–H groups in total. The molecule has 12 heavy (non-hydrogen) atoms. The fraction of sp³-hybridized carbons (Fsp3) is 0.500. The summed E-state index contributed by atoms with van der Waals surface area (Å²) < 4.78 is 22.6. The molecule has 0 aliphatic heterocycles. The maximum Gasteiger partial charge on any atom is 0.0209 e. The highest BCUT2D eigenvalue weighted by Gasteiger charge is 2.01. The Morgan fingerprint density at radius 2 is 2.33 bits per heavy atom. The summed E-state index contributed by atoms with van der Waals surface area (Å²) in [4.78, 5) is 0. The quantitative estimate of drug-likeness (QED) is 0.654. The largest absolute Gasteiger partial charge is 0.772 e. The van der Waals surface area contributed by atoms with Gasteiger partial charge < -0.3 is 9.12 Å². The summed E-state index contributed by atoms with van der Waals surface area (Å²) >= 11 is -1.93.